The van der Waals surface area contributed by atoms with Crippen LogP contribution in [0.4, 0.5) is 11.4 Å². The molecule has 4 rings (SSSR count). The van der Waals surface area contributed by atoms with Gasteiger partial charge >= 0.3 is 0 Å². The number of allylic oxidation sites excluding steroid dienone is 6. The van der Waals surface area contributed by atoms with Gasteiger partial charge < -0.3 is 0 Å². The van der Waals surface area contributed by atoms with E-state index in [0.29, 0.717) is 0 Å². The van der Waals surface area contributed by atoms with E-state index in [1.165, 1.54) is 0 Å². The maximum atomic E-state index is 4.23. The van der Waals surface area contributed by atoms with Crippen LogP contribution in [0.3, 0.4) is 0 Å². The van der Waals surface area contributed by atoms with Crippen molar-refractivity contribution in [3.05, 3.63) is 110 Å². The van der Waals surface area contributed by atoms with E-state index in [2.05, 4.69) is 10.2 Å². The average Bonchev–Trinajstić information content (AvgIpc) is 3.15. The Morgan fingerprint density at radius 2 is 0.885 bits per heavy atom. The second-order valence-electron chi connectivity index (χ2n) is 5.34. The molecule has 0 amide bonds. The van der Waals surface area contributed by atoms with Crippen LogP contribution >= 0.6 is 0 Å². The summed E-state index contributed by atoms with van der Waals surface area (Å²) in [7, 11) is 0. The van der Waals surface area contributed by atoms with Gasteiger partial charge in [0, 0.05) is 24.8 Å². The molecule has 0 saturated carbocycles. The Bertz CT molecular complexity index is 741. The summed E-state index contributed by atoms with van der Waals surface area (Å²) < 4.78 is 0. The zero-order valence-corrected chi connectivity index (χ0v) is 14.3. The lowest BCUT2D eigenvalue weighted by Gasteiger charge is -2.12. The molecule has 26 heavy (non-hydrogen) atoms. The summed E-state index contributed by atoms with van der Waals surface area (Å²) in [6, 6.07) is 20.1. The first kappa shape index (κ1) is 17.2. The number of para-hydroxylation sites is 2. The van der Waals surface area contributed by atoms with E-state index in [9.17, 15) is 0 Å². The van der Waals surface area contributed by atoms with Crippen molar-refractivity contribution < 1.29 is 0 Å². The second kappa shape index (κ2) is 9.59. The van der Waals surface area contributed by atoms with E-state index in [-0.39, 0.29) is 0 Å². The molecule has 0 radical (unpaired) electrons. The molecule has 0 N–H and O–H groups in total. The molecule has 2 aliphatic rings. The fourth-order valence-electron chi connectivity index (χ4n) is 2.25. The van der Waals surface area contributed by atoms with Crippen LogP contribution in [0.2, 0.25) is 0 Å². The SMILES string of the molecule is C1=CC=NN(c2ccccc2)C=C1.C1=CC=NN(c2ccccc2)C=C1. The molecule has 0 saturated heterocycles. The Morgan fingerprint density at radius 3 is 1.31 bits per heavy atom. The fourth-order valence-corrected chi connectivity index (χ4v) is 2.25. The lowest BCUT2D eigenvalue weighted by atomic mass is 10.3. The van der Waals surface area contributed by atoms with Crippen molar-refractivity contribution in [3.63, 3.8) is 0 Å². The van der Waals surface area contributed by atoms with Gasteiger partial charge in [-0.2, -0.15) is 10.2 Å². The number of benzene rings is 2. The normalized spacial score (nSPS) is 14.6. The Labute approximate surface area is 154 Å². The van der Waals surface area contributed by atoms with Crippen LogP contribution in [0.1, 0.15) is 0 Å². The quantitative estimate of drug-likeness (QED) is 0.759. The highest BCUT2D eigenvalue weighted by Gasteiger charge is 1.99. The first-order valence-corrected chi connectivity index (χ1v) is 8.37. The lowest BCUT2D eigenvalue weighted by molar-refractivity contribution is 1.09. The first-order valence-electron chi connectivity index (χ1n) is 8.37. The molecule has 0 aliphatic carbocycles. The molecule has 2 heterocycles. The number of hydrogen-bond acceptors (Lipinski definition) is 4. The predicted octanol–water partition coefficient (Wildman–Crippen LogP) is 5.12. The summed E-state index contributed by atoms with van der Waals surface area (Å²) in [5.41, 5.74) is 2.14. The highest BCUT2D eigenvalue weighted by molar-refractivity contribution is 5.74. The van der Waals surface area contributed by atoms with Crippen molar-refractivity contribution in [1.29, 1.82) is 0 Å². The van der Waals surface area contributed by atoms with Gasteiger partial charge in [-0.05, 0) is 48.6 Å². The van der Waals surface area contributed by atoms with Gasteiger partial charge in [0.25, 0.3) is 0 Å². The summed E-state index contributed by atoms with van der Waals surface area (Å²) in [6.45, 7) is 0. The molecular weight excluding hydrogens is 320 g/mol. The summed E-state index contributed by atoms with van der Waals surface area (Å²) in [5.74, 6) is 0. The van der Waals surface area contributed by atoms with Crippen molar-refractivity contribution >= 4 is 23.8 Å². The van der Waals surface area contributed by atoms with Crippen LogP contribution < -0.4 is 10.0 Å². The van der Waals surface area contributed by atoms with Gasteiger partial charge in [-0.25, -0.2) is 10.0 Å². The number of nitrogens with zero attached hydrogens (tertiary/aromatic N) is 4. The van der Waals surface area contributed by atoms with Crippen LogP contribution in [0.5, 0.6) is 0 Å². The molecule has 0 atom stereocenters. The molecule has 0 aromatic heterocycles. The third kappa shape index (κ3) is 5.18. The molecule has 0 bridgehead atoms. The smallest absolute Gasteiger partial charge is 0.0645 e. The third-order valence-electron chi connectivity index (χ3n) is 3.49. The maximum absolute atomic E-state index is 4.23. The molecule has 2 aromatic carbocycles. The molecule has 2 aromatic rings. The summed E-state index contributed by atoms with van der Waals surface area (Å²) >= 11 is 0. The molecule has 4 heteroatoms. The third-order valence-corrected chi connectivity index (χ3v) is 3.49. The van der Waals surface area contributed by atoms with Crippen molar-refractivity contribution in [2.24, 2.45) is 10.2 Å². The van der Waals surface area contributed by atoms with Crippen LogP contribution in [0.25, 0.3) is 0 Å². The highest BCUT2D eigenvalue weighted by atomic mass is 15.4. The van der Waals surface area contributed by atoms with E-state index in [1.54, 1.807) is 12.4 Å². The van der Waals surface area contributed by atoms with E-state index in [1.807, 2.05) is 120 Å². The van der Waals surface area contributed by atoms with Crippen molar-refractivity contribution in [1.82, 2.24) is 0 Å². The second-order valence-corrected chi connectivity index (χ2v) is 5.34. The molecule has 128 valence electrons. The molecule has 4 nitrogen and oxygen atoms in total. The summed E-state index contributed by atoms with van der Waals surface area (Å²) in [5, 5.41) is 12.1. The van der Waals surface area contributed by atoms with Crippen molar-refractivity contribution in [2.45, 2.75) is 0 Å². The fraction of sp³-hybridized carbons (Fsp3) is 0. The molecular formula is C22H20N4. The van der Waals surface area contributed by atoms with Crippen LogP contribution in [-0.2, 0) is 0 Å². The van der Waals surface area contributed by atoms with E-state index in [4.69, 9.17) is 0 Å². The van der Waals surface area contributed by atoms with Crippen molar-refractivity contribution in [3.8, 4) is 0 Å². The van der Waals surface area contributed by atoms with Gasteiger partial charge in [0.1, 0.15) is 0 Å². The first-order chi connectivity index (χ1) is 12.9. The topological polar surface area (TPSA) is 31.2 Å². The predicted molar refractivity (Wildman–Crippen MR) is 111 cm³/mol. The Hall–Kier alpha value is -3.66. The average molecular weight is 340 g/mol. The van der Waals surface area contributed by atoms with E-state index < -0.39 is 0 Å². The number of hydrogen-bond donors (Lipinski definition) is 0. The Balaban J connectivity index is 0.000000151. The maximum Gasteiger partial charge on any atom is 0.0645 e. The minimum atomic E-state index is 1.07. The minimum absolute atomic E-state index is 1.07. The van der Waals surface area contributed by atoms with Gasteiger partial charge in [0.2, 0.25) is 0 Å². The van der Waals surface area contributed by atoms with Crippen LogP contribution in [0.15, 0.2) is 120 Å². The summed E-state index contributed by atoms with van der Waals surface area (Å²) in [6.07, 6.45) is 19.0. The van der Waals surface area contributed by atoms with Crippen LogP contribution in [-0.4, -0.2) is 12.4 Å². The number of anilines is 2. The summed E-state index contributed by atoms with van der Waals surface area (Å²) in [4.78, 5) is 0. The lowest BCUT2D eigenvalue weighted by Crippen LogP contribution is -2.05. The molecule has 0 fully saturated rings. The zero-order chi connectivity index (χ0) is 17.9. The van der Waals surface area contributed by atoms with E-state index in [0.717, 1.165) is 11.4 Å². The Morgan fingerprint density at radius 1 is 0.462 bits per heavy atom. The van der Waals surface area contributed by atoms with Crippen LogP contribution in [0, 0.1) is 0 Å². The standard InChI is InChI=1S/2C11H10N2/c2*1-3-7-11(8-4-1)13-10-6-2-5-9-12-13/h2*1-10H. The van der Waals surface area contributed by atoms with Gasteiger partial charge in [-0.15, -0.1) is 0 Å². The number of rotatable bonds is 2. The van der Waals surface area contributed by atoms with Gasteiger partial charge in [-0.1, -0.05) is 48.6 Å². The zero-order valence-electron chi connectivity index (χ0n) is 14.3. The van der Waals surface area contributed by atoms with Gasteiger partial charge in [0.05, 0.1) is 11.4 Å². The molecule has 0 unspecified atom stereocenters. The highest BCUT2D eigenvalue weighted by Crippen LogP contribution is 2.15. The Kier molecular flexibility index (Phi) is 6.33. The van der Waals surface area contributed by atoms with E-state index >= 15 is 0 Å². The van der Waals surface area contributed by atoms with Gasteiger partial charge in [0.15, 0.2) is 0 Å². The molecule has 2 aliphatic heterocycles. The number of hydrazone groups is 2. The minimum Gasteiger partial charge on any atom is -0.241 e. The molecule has 0 spiro atoms. The van der Waals surface area contributed by atoms with Crippen molar-refractivity contribution in [2.75, 3.05) is 10.0 Å². The monoisotopic (exact) mass is 340 g/mol. The largest absolute Gasteiger partial charge is 0.241 e. The van der Waals surface area contributed by atoms with Gasteiger partial charge in [-0.3, -0.25) is 0 Å².